The van der Waals surface area contributed by atoms with Crippen LogP contribution in [0.15, 0.2) is 0 Å². The first kappa shape index (κ1) is 10.9. The van der Waals surface area contributed by atoms with Gasteiger partial charge in [0.1, 0.15) is 0 Å². The molecule has 2 aliphatic rings. The molecule has 92 valence electrons. The van der Waals surface area contributed by atoms with Crippen molar-refractivity contribution in [1.29, 1.82) is 0 Å². The maximum atomic E-state index is 11.9. The van der Waals surface area contributed by atoms with Crippen LogP contribution < -0.4 is 5.32 Å². The average molecular weight is 234 g/mol. The number of piperazine rings is 1. The van der Waals surface area contributed by atoms with Gasteiger partial charge < -0.3 is 5.32 Å². The molecule has 3 rings (SSSR count). The van der Waals surface area contributed by atoms with Crippen molar-refractivity contribution >= 4 is 5.78 Å². The highest BCUT2D eigenvalue weighted by atomic mass is 16.1. The van der Waals surface area contributed by atoms with Gasteiger partial charge in [0, 0.05) is 44.8 Å². The summed E-state index contributed by atoms with van der Waals surface area (Å²) in [4.78, 5) is 14.3. The molecule has 0 amide bonds. The van der Waals surface area contributed by atoms with Crippen LogP contribution in [0.5, 0.6) is 0 Å². The van der Waals surface area contributed by atoms with Gasteiger partial charge in [0.2, 0.25) is 0 Å². The number of aryl methyl sites for hydroxylation is 1. The summed E-state index contributed by atoms with van der Waals surface area (Å²) in [5.41, 5.74) is 2.88. The topological polar surface area (TPSA) is 61.0 Å². The first-order valence-electron chi connectivity index (χ1n) is 6.37. The van der Waals surface area contributed by atoms with E-state index in [0.29, 0.717) is 6.42 Å². The molecule has 0 unspecified atom stereocenters. The molecule has 1 fully saturated rings. The zero-order chi connectivity index (χ0) is 11.7. The molecule has 0 bridgehead atoms. The smallest absolute Gasteiger partial charge is 0.166 e. The van der Waals surface area contributed by atoms with Gasteiger partial charge in [-0.25, -0.2) is 0 Å². The van der Waals surface area contributed by atoms with Crippen molar-refractivity contribution in [3.05, 3.63) is 17.0 Å². The molecule has 17 heavy (non-hydrogen) atoms. The van der Waals surface area contributed by atoms with Gasteiger partial charge in [-0.05, 0) is 12.8 Å². The van der Waals surface area contributed by atoms with Crippen LogP contribution >= 0.6 is 0 Å². The fraction of sp³-hybridized carbons (Fsp3) is 0.667. The van der Waals surface area contributed by atoms with Crippen molar-refractivity contribution in [2.75, 3.05) is 26.2 Å². The van der Waals surface area contributed by atoms with E-state index >= 15 is 0 Å². The minimum atomic E-state index is 0.269. The summed E-state index contributed by atoms with van der Waals surface area (Å²) in [6.45, 7) is 4.94. The van der Waals surface area contributed by atoms with Gasteiger partial charge >= 0.3 is 0 Å². The highest BCUT2D eigenvalue weighted by Crippen LogP contribution is 2.23. The third-order valence-corrected chi connectivity index (χ3v) is 3.61. The Hall–Kier alpha value is -1.20. The predicted molar refractivity (Wildman–Crippen MR) is 64.0 cm³/mol. The molecule has 5 heteroatoms. The number of nitrogens with one attached hydrogen (secondary N) is 2. The quantitative estimate of drug-likeness (QED) is 0.774. The van der Waals surface area contributed by atoms with Gasteiger partial charge in [0.25, 0.3) is 0 Å². The molecule has 5 nitrogen and oxygen atoms in total. The maximum absolute atomic E-state index is 11.9. The number of nitrogens with zero attached hydrogens (tertiary/aromatic N) is 2. The number of ketones is 1. The zero-order valence-electron chi connectivity index (χ0n) is 9.96. The van der Waals surface area contributed by atoms with Crippen molar-refractivity contribution in [3.63, 3.8) is 0 Å². The number of rotatable bonds is 2. The molecular formula is C12H18N4O. The standard InChI is InChI=1S/C12H18N4O/c17-11-3-1-2-9-12(11)10(15-14-9)8-16-6-4-13-5-7-16/h13H,1-8H2,(H,14,15). The van der Waals surface area contributed by atoms with Crippen molar-refractivity contribution < 1.29 is 4.79 Å². The number of carbonyl (C=O) groups excluding carboxylic acids is 1. The van der Waals surface area contributed by atoms with E-state index in [0.717, 1.165) is 62.5 Å². The van der Waals surface area contributed by atoms with Gasteiger partial charge in [-0.15, -0.1) is 0 Å². The minimum Gasteiger partial charge on any atom is -0.314 e. The van der Waals surface area contributed by atoms with Crippen LogP contribution in [0.4, 0.5) is 0 Å². The molecule has 1 aliphatic carbocycles. The van der Waals surface area contributed by atoms with Gasteiger partial charge in [0.05, 0.1) is 11.3 Å². The molecule has 1 aromatic heterocycles. The lowest BCUT2D eigenvalue weighted by Crippen LogP contribution is -2.43. The average Bonchev–Trinajstić information content (AvgIpc) is 2.75. The van der Waals surface area contributed by atoms with Crippen LogP contribution in [-0.4, -0.2) is 47.1 Å². The number of hydrogen-bond acceptors (Lipinski definition) is 4. The van der Waals surface area contributed by atoms with Crippen LogP contribution in [0.1, 0.15) is 34.6 Å². The Kier molecular flexibility index (Phi) is 2.94. The van der Waals surface area contributed by atoms with Crippen LogP contribution in [0.25, 0.3) is 0 Å². The fourth-order valence-corrected chi connectivity index (χ4v) is 2.68. The van der Waals surface area contributed by atoms with E-state index in [-0.39, 0.29) is 5.78 Å². The number of hydrogen-bond donors (Lipinski definition) is 2. The Balaban J connectivity index is 1.78. The largest absolute Gasteiger partial charge is 0.314 e. The van der Waals surface area contributed by atoms with Gasteiger partial charge in [-0.3, -0.25) is 14.8 Å². The van der Waals surface area contributed by atoms with Gasteiger partial charge in [-0.1, -0.05) is 0 Å². The molecule has 1 aliphatic heterocycles. The molecular weight excluding hydrogens is 216 g/mol. The molecule has 0 spiro atoms. The normalized spacial score (nSPS) is 21.5. The monoisotopic (exact) mass is 234 g/mol. The van der Waals surface area contributed by atoms with E-state index in [2.05, 4.69) is 20.4 Å². The summed E-state index contributed by atoms with van der Waals surface area (Å²) >= 11 is 0. The molecule has 0 atom stereocenters. The van der Waals surface area contributed by atoms with E-state index in [1.165, 1.54) is 0 Å². The van der Waals surface area contributed by atoms with Crippen molar-refractivity contribution in [2.45, 2.75) is 25.8 Å². The van der Waals surface area contributed by atoms with Gasteiger partial charge in [0.15, 0.2) is 5.78 Å². The second-order valence-electron chi connectivity index (χ2n) is 4.83. The molecule has 0 radical (unpaired) electrons. The van der Waals surface area contributed by atoms with E-state index in [9.17, 15) is 4.79 Å². The Morgan fingerprint density at radius 3 is 2.88 bits per heavy atom. The van der Waals surface area contributed by atoms with Crippen molar-refractivity contribution in [3.8, 4) is 0 Å². The first-order chi connectivity index (χ1) is 8.34. The highest BCUT2D eigenvalue weighted by molar-refractivity contribution is 5.99. The van der Waals surface area contributed by atoms with Crippen molar-refractivity contribution in [1.82, 2.24) is 20.4 Å². The zero-order valence-corrected chi connectivity index (χ0v) is 9.96. The fourth-order valence-electron chi connectivity index (χ4n) is 2.68. The number of aromatic amines is 1. The third-order valence-electron chi connectivity index (χ3n) is 3.61. The lowest BCUT2D eigenvalue weighted by atomic mass is 9.94. The summed E-state index contributed by atoms with van der Waals surface area (Å²) in [6.07, 6.45) is 2.61. The maximum Gasteiger partial charge on any atom is 0.166 e. The Morgan fingerprint density at radius 2 is 2.06 bits per heavy atom. The molecule has 2 N–H and O–H groups in total. The summed E-state index contributed by atoms with van der Waals surface area (Å²) in [5.74, 6) is 0.269. The SMILES string of the molecule is O=C1CCCc2[nH]nc(CN3CCNCC3)c21. The number of carbonyl (C=O) groups is 1. The lowest BCUT2D eigenvalue weighted by molar-refractivity contribution is 0.0970. The summed E-state index contributed by atoms with van der Waals surface area (Å²) in [7, 11) is 0. The van der Waals surface area contributed by atoms with Crippen molar-refractivity contribution in [2.24, 2.45) is 0 Å². The molecule has 1 aromatic rings. The Morgan fingerprint density at radius 1 is 1.24 bits per heavy atom. The molecule has 0 aromatic carbocycles. The Bertz CT molecular complexity index is 420. The van der Waals surface area contributed by atoms with Crippen LogP contribution in [0.3, 0.4) is 0 Å². The second kappa shape index (κ2) is 4.58. The van der Waals surface area contributed by atoms with Crippen LogP contribution in [0.2, 0.25) is 0 Å². The minimum absolute atomic E-state index is 0.269. The summed E-state index contributed by atoms with van der Waals surface area (Å²) in [5, 5.41) is 10.7. The highest BCUT2D eigenvalue weighted by Gasteiger charge is 2.25. The summed E-state index contributed by atoms with van der Waals surface area (Å²) < 4.78 is 0. The predicted octanol–water partition coefficient (Wildman–Crippen LogP) is 0.334. The van der Waals surface area contributed by atoms with Crippen LogP contribution in [0, 0.1) is 0 Å². The molecule has 1 saturated heterocycles. The lowest BCUT2D eigenvalue weighted by Gasteiger charge is -2.26. The Labute approximate surface area is 101 Å². The number of H-pyrrole nitrogens is 1. The van der Waals surface area contributed by atoms with E-state index < -0.39 is 0 Å². The second-order valence-corrected chi connectivity index (χ2v) is 4.83. The van der Waals surface area contributed by atoms with E-state index in [1.807, 2.05) is 0 Å². The third kappa shape index (κ3) is 2.12. The number of aromatic nitrogens is 2. The van der Waals surface area contributed by atoms with Gasteiger partial charge in [-0.2, -0.15) is 5.10 Å². The summed E-state index contributed by atoms with van der Waals surface area (Å²) in [6, 6.07) is 0. The van der Waals surface area contributed by atoms with E-state index in [4.69, 9.17) is 0 Å². The number of Topliss-reactive ketones (excluding diaryl/α,β-unsaturated/α-hetero) is 1. The van der Waals surface area contributed by atoms with Crippen LogP contribution in [-0.2, 0) is 13.0 Å². The van der Waals surface area contributed by atoms with E-state index in [1.54, 1.807) is 0 Å². The molecule has 2 heterocycles. The molecule has 0 saturated carbocycles. The number of fused-ring (bicyclic) bond motifs is 1. The first-order valence-corrected chi connectivity index (χ1v) is 6.37.